The molecule has 0 radical (unpaired) electrons. The van der Waals surface area contributed by atoms with Crippen LogP contribution in [-0.4, -0.2) is 39.2 Å². The van der Waals surface area contributed by atoms with Crippen molar-refractivity contribution in [1.29, 1.82) is 0 Å². The Morgan fingerprint density at radius 2 is 1.93 bits per heavy atom. The Hall–Kier alpha value is -0.710. The molecule has 0 spiro atoms. The Bertz CT molecular complexity index is 218. The minimum absolute atomic E-state index is 0.0109. The molecule has 0 aliphatic carbocycles. The average Bonchev–Trinajstić information content (AvgIpc) is 2.03. The van der Waals surface area contributed by atoms with E-state index in [2.05, 4.69) is 4.89 Å². The Kier molecular flexibility index (Phi) is 5.60. The van der Waals surface area contributed by atoms with E-state index in [1.54, 1.807) is 0 Å². The van der Waals surface area contributed by atoms with Crippen LogP contribution in [0.15, 0.2) is 0 Å². The predicted molar refractivity (Wildman–Crippen MR) is 50.1 cm³/mol. The fourth-order valence-corrected chi connectivity index (χ4v) is 1.37. The van der Waals surface area contributed by atoms with Gasteiger partial charge in [0, 0.05) is 0 Å². The summed E-state index contributed by atoms with van der Waals surface area (Å²) >= 11 is 0. The van der Waals surface area contributed by atoms with Gasteiger partial charge in [0.1, 0.15) is 0 Å². The van der Waals surface area contributed by atoms with Gasteiger partial charge in [-0.2, -0.15) is 0 Å². The third kappa shape index (κ3) is 4.50. The van der Waals surface area contributed by atoms with Gasteiger partial charge in [-0.15, -0.1) is 9.24 Å². The van der Waals surface area contributed by atoms with E-state index in [1.165, 1.54) is 0 Å². The number of carbonyl (C=O) groups is 2. The van der Waals surface area contributed by atoms with Gasteiger partial charge >= 0.3 is 11.9 Å². The predicted octanol–water partition coefficient (Wildman–Crippen LogP) is 0.429. The van der Waals surface area contributed by atoms with E-state index >= 15 is 0 Å². The standard InChI is InChI=1S/C7H13O6P/c8-5(9)4-7(14,6(10)11)2-1-3-13-12/h12H,1-4,14H2,(H,8,9)(H,10,11). The summed E-state index contributed by atoms with van der Waals surface area (Å²) < 4.78 is 0. The van der Waals surface area contributed by atoms with Crippen LogP contribution in [0.3, 0.4) is 0 Å². The highest BCUT2D eigenvalue weighted by Crippen LogP contribution is 2.29. The molecule has 82 valence electrons. The van der Waals surface area contributed by atoms with Gasteiger partial charge in [-0.25, -0.2) is 4.89 Å². The molecule has 7 heteroatoms. The molecule has 14 heavy (non-hydrogen) atoms. The first-order valence-corrected chi connectivity index (χ1v) is 4.50. The largest absolute Gasteiger partial charge is 0.481 e. The first-order chi connectivity index (χ1) is 6.42. The zero-order valence-electron chi connectivity index (χ0n) is 7.47. The van der Waals surface area contributed by atoms with Crippen LogP contribution in [0.25, 0.3) is 0 Å². The van der Waals surface area contributed by atoms with E-state index < -0.39 is 23.5 Å². The maximum absolute atomic E-state index is 10.8. The molecule has 2 unspecified atom stereocenters. The van der Waals surface area contributed by atoms with E-state index in [9.17, 15) is 9.59 Å². The molecular weight excluding hydrogens is 211 g/mol. The summed E-state index contributed by atoms with van der Waals surface area (Å²) in [5.41, 5.74) is 0. The molecule has 0 heterocycles. The summed E-state index contributed by atoms with van der Waals surface area (Å²) in [5, 5.41) is 23.9. The van der Waals surface area contributed by atoms with Gasteiger partial charge in [-0.3, -0.25) is 14.8 Å². The monoisotopic (exact) mass is 224 g/mol. The van der Waals surface area contributed by atoms with E-state index in [1.807, 2.05) is 9.24 Å². The van der Waals surface area contributed by atoms with Crippen molar-refractivity contribution < 1.29 is 29.9 Å². The van der Waals surface area contributed by atoms with Gasteiger partial charge < -0.3 is 10.2 Å². The summed E-state index contributed by atoms with van der Waals surface area (Å²) in [6, 6.07) is 0. The van der Waals surface area contributed by atoms with E-state index in [4.69, 9.17) is 15.5 Å². The summed E-state index contributed by atoms with van der Waals surface area (Å²) in [6.45, 7) is -0.0109. The molecule has 0 rings (SSSR count). The van der Waals surface area contributed by atoms with E-state index in [-0.39, 0.29) is 19.4 Å². The van der Waals surface area contributed by atoms with Crippen LogP contribution in [0.2, 0.25) is 0 Å². The molecule has 0 fully saturated rings. The van der Waals surface area contributed by atoms with E-state index in [0.29, 0.717) is 0 Å². The topological polar surface area (TPSA) is 104 Å². The smallest absolute Gasteiger partial charge is 0.314 e. The van der Waals surface area contributed by atoms with Crippen molar-refractivity contribution in [3.05, 3.63) is 0 Å². The van der Waals surface area contributed by atoms with Crippen LogP contribution in [0.1, 0.15) is 19.3 Å². The SMILES string of the molecule is O=C(O)CC(P)(CCCOO)C(=O)O. The molecule has 0 bridgehead atoms. The molecule has 0 aliphatic rings. The van der Waals surface area contributed by atoms with Crippen LogP contribution < -0.4 is 0 Å². The fourth-order valence-electron chi connectivity index (χ4n) is 0.993. The first kappa shape index (κ1) is 13.3. The maximum atomic E-state index is 10.8. The highest BCUT2D eigenvalue weighted by Gasteiger charge is 2.35. The highest BCUT2D eigenvalue weighted by atomic mass is 31.0. The molecule has 0 aromatic carbocycles. The van der Waals surface area contributed by atoms with Gasteiger partial charge in [0.05, 0.1) is 18.2 Å². The summed E-state index contributed by atoms with van der Waals surface area (Å²) in [4.78, 5) is 24.9. The molecule has 0 amide bonds. The Balaban J connectivity index is 4.24. The van der Waals surface area contributed by atoms with Crippen LogP contribution >= 0.6 is 9.24 Å². The second-order valence-corrected chi connectivity index (χ2v) is 4.07. The Morgan fingerprint density at radius 1 is 1.36 bits per heavy atom. The number of aliphatic carboxylic acids is 2. The maximum Gasteiger partial charge on any atom is 0.314 e. The van der Waals surface area contributed by atoms with Crippen LogP contribution in [-0.2, 0) is 14.5 Å². The number of carboxylic acid groups (broad SMARTS) is 2. The van der Waals surface area contributed by atoms with Crippen molar-refractivity contribution in [1.82, 2.24) is 0 Å². The zero-order valence-corrected chi connectivity index (χ0v) is 8.63. The molecule has 0 saturated heterocycles. The van der Waals surface area contributed by atoms with Crippen molar-refractivity contribution in [2.24, 2.45) is 0 Å². The lowest BCUT2D eigenvalue weighted by Gasteiger charge is -2.21. The van der Waals surface area contributed by atoms with Gasteiger partial charge in [0.25, 0.3) is 0 Å². The van der Waals surface area contributed by atoms with Crippen LogP contribution in [0.5, 0.6) is 0 Å². The molecular formula is C7H13O6P. The lowest BCUT2D eigenvalue weighted by molar-refractivity contribution is -0.243. The number of hydrogen-bond acceptors (Lipinski definition) is 4. The van der Waals surface area contributed by atoms with Crippen molar-refractivity contribution in [2.75, 3.05) is 6.61 Å². The Labute approximate surface area is 83.0 Å². The number of hydrogen-bond donors (Lipinski definition) is 3. The molecule has 2 atom stereocenters. The number of carboxylic acids is 2. The van der Waals surface area contributed by atoms with Gasteiger partial charge in [-0.05, 0) is 12.8 Å². The quantitative estimate of drug-likeness (QED) is 0.251. The van der Waals surface area contributed by atoms with Crippen LogP contribution in [0.4, 0.5) is 0 Å². The van der Waals surface area contributed by atoms with Crippen molar-refractivity contribution in [2.45, 2.75) is 24.4 Å². The zero-order chi connectivity index (χ0) is 11.2. The molecule has 0 aromatic heterocycles. The summed E-state index contributed by atoms with van der Waals surface area (Å²) in [6.07, 6.45) is -0.0854. The molecule has 0 aliphatic heterocycles. The normalized spacial score (nSPS) is 14.7. The second kappa shape index (κ2) is 5.90. The third-order valence-electron chi connectivity index (χ3n) is 1.75. The van der Waals surface area contributed by atoms with Gasteiger partial charge in [0.15, 0.2) is 0 Å². The van der Waals surface area contributed by atoms with Crippen molar-refractivity contribution in [3.63, 3.8) is 0 Å². The minimum Gasteiger partial charge on any atom is -0.481 e. The highest BCUT2D eigenvalue weighted by molar-refractivity contribution is 7.21. The average molecular weight is 224 g/mol. The van der Waals surface area contributed by atoms with Gasteiger partial charge in [0.2, 0.25) is 0 Å². The van der Waals surface area contributed by atoms with Crippen molar-refractivity contribution >= 4 is 21.2 Å². The second-order valence-electron chi connectivity index (χ2n) is 2.97. The lowest BCUT2D eigenvalue weighted by Crippen LogP contribution is -2.34. The molecule has 0 aromatic rings. The molecule has 6 nitrogen and oxygen atoms in total. The first-order valence-electron chi connectivity index (χ1n) is 3.93. The van der Waals surface area contributed by atoms with Crippen LogP contribution in [0, 0.1) is 0 Å². The minimum atomic E-state index is -1.38. The fraction of sp³-hybridized carbons (Fsp3) is 0.714. The summed E-state index contributed by atoms with van der Waals surface area (Å²) in [5.74, 6) is -2.37. The number of rotatable bonds is 7. The van der Waals surface area contributed by atoms with Crippen molar-refractivity contribution in [3.8, 4) is 0 Å². The van der Waals surface area contributed by atoms with Gasteiger partial charge in [-0.1, -0.05) is 0 Å². The molecule has 3 N–H and O–H groups in total. The Morgan fingerprint density at radius 3 is 2.29 bits per heavy atom. The lowest BCUT2D eigenvalue weighted by atomic mass is 9.98. The summed E-state index contributed by atoms with van der Waals surface area (Å²) in [7, 11) is 2.03. The third-order valence-corrected chi connectivity index (χ3v) is 2.49. The van der Waals surface area contributed by atoms with E-state index in [0.717, 1.165) is 0 Å². The molecule has 0 saturated carbocycles.